The van der Waals surface area contributed by atoms with Crippen LogP contribution in [0.5, 0.6) is 0 Å². The largest absolute Gasteiger partial charge is 0.557 e. The minimum Gasteiger partial charge on any atom is -0.370 e. The van der Waals surface area contributed by atoms with Gasteiger partial charge in [0.15, 0.2) is 0 Å². The van der Waals surface area contributed by atoms with E-state index in [2.05, 4.69) is 14.5 Å². The molecular formula is C8H13N3O7. The van der Waals surface area contributed by atoms with Crippen LogP contribution in [-0.2, 0) is 28.9 Å². The van der Waals surface area contributed by atoms with Gasteiger partial charge in [-0.3, -0.25) is 9.59 Å². The van der Waals surface area contributed by atoms with Crippen molar-refractivity contribution < 1.29 is 33.7 Å². The van der Waals surface area contributed by atoms with Crippen LogP contribution < -0.4 is 17.2 Å². The van der Waals surface area contributed by atoms with Gasteiger partial charge in [-0.15, -0.1) is 0 Å². The van der Waals surface area contributed by atoms with Crippen LogP contribution in [0.3, 0.4) is 0 Å². The molecule has 0 aromatic carbocycles. The summed E-state index contributed by atoms with van der Waals surface area (Å²) in [5.41, 5.74) is 14.9. The van der Waals surface area contributed by atoms with Gasteiger partial charge in [0, 0.05) is 6.42 Å². The van der Waals surface area contributed by atoms with Gasteiger partial charge in [0.05, 0.1) is 6.54 Å². The van der Waals surface area contributed by atoms with Gasteiger partial charge in [-0.05, 0) is 6.42 Å². The number of hydrogen-bond acceptors (Lipinski definition) is 9. The summed E-state index contributed by atoms with van der Waals surface area (Å²) in [5, 5.41) is 0. The highest BCUT2D eigenvalue weighted by Gasteiger charge is 2.20. The zero-order chi connectivity index (χ0) is 14.1. The van der Waals surface area contributed by atoms with Crippen molar-refractivity contribution in [1.82, 2.24) is 0 Å². The van der Waals surface area contributed by atoms with Crippen molar-refractivity contribution in [2.75, 3.05) is 6.54 Å². The molecule has 1 atom stereocenters. The molecule has 0 bridgehead atoms. The summed E-state index contributed by atoms with van der Waals surface area (Å²) < 4.78 is 3.91. The maximum absolute atomic E-state index is 11.1. The molecule has 0 radical (unpaired) electrons. The summed E-state index contributed by atoms with van der Waals surface area (Å²) in [4.78, 5) is 50.5. The van der Waals surface area contributed by atoms with Gasteiger partial charge in [0.2, 0.25) is 5.91 Å². The second-order valence-corrected chi connectivity index (χ2v) is 3.03. The van der Waals surface area contributed by atoms with Gasteiger partial charge in [-0.1, -0.05) is 0 Å². The molecule has 1 amide bonds. The second-order valence-electron chi connectivity index (χ2n) is 3.03. The molecule has 6 N–H and O–H groups in total. The van der Waals surface area contributed by atoms with Crippen molar-refractivity contribution >= 4 is 24.0 Å². The molecule has 0 aliphatic rings. The Bertz CT molecular complexity index is 344. The number of amides is 1. The van der Waals surface area contributed by atoms with E-state index in [9.17, 15) is 19.2 Å². The summed E-state index contributed by atoms with van der Waals surface area (Å²) in [6, 6.07) is -1.20. The quantitative estimate of drug-likeness (QED) is 0.212. The first-order valence-corrected chi connectivity index (χ1v) is 4.73. The van der Waals surface area contributed by atoms with Gasteiger partial charge in [-0.2, -0.15) is 4.79 Å². The summed E-state index contributed by atoms with van der Waals surface area (Å²) in [5.74, 6) is -2.82. The first kappa shape index (κ1) is 15.8. The van der Waals surface area contributed by atoms with Crippen molar-refractivity contribution in [2.24, 2.45) is 17.2 Å². The van der Waals surface area contributed by atoms with Crippen LogP contribution in [0.1, 0.15) is 12.8 Å². The van der Waals surface area contributed by atoms with E-state index in [1.807, 2.05) is 0 Å². The summed E-state index contributed by atoms with van der Waals surface area (Å²) in [6.45, 7) is -0.541. The minimum atomic E-state index is -1.55. The van der Waals surface area contributed by atoms with Crippen molar-refractivity contribution in [2.45, 2.75) is 18.9 Å². The topological polar surface area (TPSA) is 174 Å². The van der Waals surface area contributed by atoms with Crippen LogP contribution in [0.4, 0.5) is 4.79 Å². The van der Waals surface area contributed by atoms with Crippen LogP contribution in [0.25, 0.3) is 0 Å². The second kappa shape index (κ2) is 7.97. The zero-order valence-corrected chi connectivity index (χ0v) is 9.29. The molecule has 1 unspecified atom stereocenters. The molecule has 0 rings (SSSR count). The lowest BCUT2D eigenvalue weighted by Crippen LogP contribution is -2.34. The fourth-order valence-electron chi connectivity index (χ4n) is 0.704. The predicted octanol–water partition coefficient (Wildman–Crippen LogP) is -2.32. The SMILES string of the molecule is NCC(=O)OC(=O)OOC(=O)C(N)CCC(N)=O. The number of carbonyl (C=O) groups excluding carboxylic acids is 4. The highest BCUT2D eigenvalue weighted by molar-refractivity contribution is 5.83. The fourth-order valence-corrected chi connectivity index (χ4v) is 0.704. The van der Waals surface area contributed by atoms with Crippen LogP contribution in [-0.4, -0.2) is 36.6 Å². The Morgan fingerprint density at radius 3 is 2.22 bits per heavy atom. The van der Waals surface area contributed by atoms with E-state index in [4.69, 9.17) is 17.2 Å². The third kappa shape index (κ3) is 7.14. The monoisotopic (exact) mass is 263 g/mol. The molecule has 0 aliphatic carbocycles. The molecule has 18 heavy (non-hydrogen) atoms. The first-order chi connectivity index (χ1) is 8.36. The molecule has 0 aromatic rings. The Kier molecular flexibility index (Phi) is 7.00. The molecule has 0 aromatic heterocycles. The molecule has 0 saturated heterocycles. The third-order valence-electron chi connectivity index (χ3n) is 1.56. The van der Waals surface area contributed by atoms with Crippen LogP contribution in [0.2, 0.25) is 0 Å². The molecule has 0 saturated carbocycles. The molecule has 10 heteroatoms. The van der Waals surface area contributed by atoms with E-state index in [1.54, 1.807) is 0 Å². The standard InChI is InChI=1S/C8H13N3O7/c9-3-6(13)16-8(15)18-17-7(14)4(10)1-2-5(11)12/h4H,1-3,9-10H2,(H2,11,12). The Balaban J connectivity index is 3.91. The van der Waals surface area contributed by atoms with Gasteiger partial charge in [0.1, 0.15) is 6.04 Å². The van der Waals surface area contributed by atoms with Crippen LogP contribution in [0.15, 0.2) is 0 Å². The molecule has 102 valence electrons. The lowest BCUT2D eigenvalue weighted by Gasteiger charge is -2.07. The molecular weight excluding hydrogens is 250 g/mol. The van der Waals surface area contributed by atoms with Crippen molar-refractivity contribution in [3.63, 3.8) is 0 Å². The Morgan fingerprint density at radius 1 is 1.11 bits per heavy atom. The van der Waals surface area contributed by atoms with Gasteiger partial charge < -0.3 is 21.9 Å². The number of nitrogens with two attached hydrogens (primary N) is 3. The Labute approximate surface area is 101 Å². The van der Waals surface area contributed by atoms with E-state index in [1.165, 1.54) is 0 Å². The summed E-state index contributed by atoms with van der Waals surface area (Å²) >= 11 is 0. The summed E-state index contributed by atoms with van der Waals surface area (Å²) in [6.07, 6.45) is -1.76. The van der Waals surface area contributed by atoms with Crippen molar-refractivity contribution in [3.05, 3.63) is 0 Å². The number of primary amides is 1. The average Bonchev–Trinajstić information content (AvgIpc) is 2.32. The molecule has 10 nitrogen and oxygen atoms in total. The summed E-state index contributed by atoms with van der Waals surface area (Å²) in [7, 11) is 0. The number of esters is 1. The predicted molar refractivity (Wildman–Crippen MR) is 54.1 cm³/mol. The normalized spacial score (nSPS) is 11.2. The van der Waals surface area contributed by atoms with Crippen molar-refractivity contribution in [3.8, 4) is 0 Å². The smallest absolute Gasteiger partial charge is 0.370 e. The lowest BCUT2D eigenvalue weighted by atomic mass is 10.2. The van der Waals surface area contributed by atoms with E-state index < -0.39 is 36.6 Å². The van der Waals surface area contributed by atoms with Gasteiger partial charge in [-0.25, -0.2) is 14.6 Å². The third-order valence-corrected chi connectivity index (χ3v) is 1.56. The molecule has 0 heterocycles. The minimum absolute atomic E-state index is 0.0751. The Hall–Kier alpha value is -2.20. The number of rotatable bonds is 5. The average molecular weight is 263 g/mol. The highest BCUT2D eigenvalue weighted by atomic mass is 17.2. The maximum atomic E-state index is 11.1. The molecule has 0 fully saturated rings. The lowest BCUT2D eigenvalue weighted by molar-refractivity contribution is -0.244. The van der Waals surface area contributed by atoms with E-state index >= 15 is 0 Å². The maximum Gasteiger partial charge on any atom is 0.557 e. The van der Waals surface area contributed by atoms with E-state index in [-0.39, 0.29) is 12.8 Å². The van der Waals surface area contributed by atoms with Crippen LogP contribution in [0, 0.1) is 0 Å². The molecule has 0 spiro atoms. The van der Waals surface area contributed by atoms with Gasteiger partial charge in [0.25, 0.3) is 0 Å². The highest BCUT2D eigenvalue weighted by Crippen LogP contribution is 1.98. The zero-order valence-electron chi connectivity index (χ0n) is 9.29. The van der Waals surface area contributed by atoms with E-state index in [0.29, 0.717) is 0 Å². The number of carbonyl (C=O) groups is 4. The number of hydrogen-bond donors (Lipinski definition) is 3. The van der Waals surface area contributed by atoms with Crippen molar-refractivity contribution in [1.29, 1.82) is 0 Å². The van der Waals surface area contributed by atoms with E-state index in [0.717, 1.165) is 0 Å². The number of ether oxygens (including phenoxy) is 1. The first-order valence-electron chi connectivity index (χ1n) is 4.73. The molecule has 0 aliphatic heterocycles. The van der Waals surface area contributed by atoms with Gasteiger partial charge >= 0.3 is 18.1 Å². The Morgan fingerprint density at radius 2 is 1.72 bits per heavy atom. The fraction of sp³-hybridized carbons (Fsp3) is 0.500. The van der Waals surface area contributed by atoms with Crippen LogP contribution >= 0.6 is 0 Å².